The van der Waals surface area contributed by atoms with E-state index in [-0.39, 0.29) is 16.6 Å². The predicted octanol–water partition coefficient (Wildman–Crippen LogP) is 4.37. The number of aliphatic hydroxyl groups is 1. The molecule has 1 aromatic carbocycles. The largest absolute Gasteiger partial charge is 0.387 e. The van der Waals surface area contributed by atoms with Crippen LogP contribution in [0.2, 0.25) is 0 Å². The second-order valence-corrected chi connectivity index (χ2v) is 10.3. The second-order valence-electron chi connectivity index (χ2n) is 9.28. The molecule has 0 unspecified atom stereocenters. The number of hydrogen-bond donors (Lipinski definition) is 3. The average molecular weight is 546 g/mol. The van der Waals surface area contributed by atoms with E-state index in [2.05, 4.69) is 20.2 Å². The molecule has 4 N–H and O–H groups in total. The van der Waals surface area contributed by atoms with Crippen LogP contribution < -0.4 is 16.0 Å². The standard InChI is InChI=1S/C26H26F3N5O3S/c1-37-38-14-9-17(28)22(18(29)10-14)24-16(27)5-6-19(32-24)26(36)33-20-11-31-23-15(4-7-21(23)35)25(20)34-8-2-3-13(30)12-34/h5-6,9-11,13,21,35H,2-4,7-8,12,30H2,1H3,(H,33,36)/t13-,21-/m0/s1. The van der Waals surface area contributed by atoms with Crippen molar-refractivity contribution < 1.29 is 27.3 Å². The van der Waals surface area contributed by atoms with Gasteiger partial charge in [-0.3, -0.25) is 9.78 Å². The summed E-state index contributed by atoms with van der Waals surface area (Å²) in [5.41, 5.74) is 7.20. The molecule has 2 aromatic heterocycles. The summed E-state index contributed by atoms with van der Waals surface area (Å²) in [7, 11) is 1.35. The van der Waals surface area contributed by atoms with Gasteiger partial charge in [-0.1, -0.05) is 0 Å². The number of pyridine rings is 2. The van der Waals surface area contributed by atoms with E-state index in [1.807, 2.05) is 0 Å². The maximum absolute atomic E-state index is 14.8. The Balaban J connectivity index is 1.49. The van der Waals surface area contributed by atoms with Crippen LogP contribution in [0.15, 0.2) is 35.4 Å². The highest BCUT2D eigenvalue weighted by molar-refractivity contribution is 7.94. The van der Waals surface area contributed by atoms with Gasteiger partial charge >= 0.3 is 0 Å². The first-order valence-corrected chi connectivity index (χ1v) is 12.9. The number of nitrogens with zero attached hydrogens (tertiary/aromatic N) is 3. The van der Waals surface area contributed by atoms with Gasteiger partial charge in [0.2, 0.25) is 0 Å². The first-order valence-electron chi connectivity index (χ1n) is 12.1. The van der Waals surface area contributed by atoms with Crippen LogP contribution >= 0.6 is 12.0 Å². The highest BCUT2D eigenvalue weighted by Crippen LogP contribution is 2.41. The van der Waals surface area contributed by atoms with Gasteiger partial charge in [-0.15, -0.1) is 0 Å². The van der Waals surface area contributed by atoms with Gasteiger partial charge in [0.1, 0.15) is 28.8 Å². The Labute approximate surface area is 221 Å². The summed E-state index contributed by atoms with van der Waals surface area (Å²) >= 11 is 0.751. The summed E-state index contributed by atoms with van der Waals surface area (Å²) in [5.74, 6) is -3.78. The molecule has 3 heterocycles. The van der Waals surface area contributed by atoms with Gasteiger partial charge in [0.25, 0.3) is 5.91 Å². The van der Waals surface area contributed by atoms with Crippen molar-refractivity contribution in [2.75, 3.05) is 30.4 Å². The molecular weight excluding hydrogens is 519 g/mol. The third-order valence-electron chi connectivity index (χ3n) is 6.70. The number of anilines is 2. The van der Waals surface area contributed by atoms with Gasteiger partial charge in [0, 0.05) is 41.6 Å². The van der Waals surface area contributed by atoms with E-state index in [4.69, 9.17) is 9.92 Å². The number of benzene rings is 1. The fourth-order valence-electron chi connectivity index (χ4n) is 5.02. The number of hydrogen-bond acceptors (Lipinski definition) is 8. The van der Waals surface area contributed by atoms with Crippen LogP contribution in [-0.4, -0.2) is 47.2 Å². The predicted molar refractivity (Wildman–Crippen MR) is 137 cm³/mol. The number of rotatable bonds is 6. The zero-order valence-corrected chi connectivity index (χ0v) is 21.3. The maximum Gasteiger partial charge on any atom is 0.274 e. The zero-order chi connectivity index (χ0) is 27.0. The van der Waals surface area contributed by atoms with E-state index in [1.165, 1.54) is 13.3 Å². The Morgan fingerprint density at radius 1 is 1.21 bits per heavy atom. The lowest BCUT2D eigenvalue weighted by atomic mass is 10.0. The van der Waals surface area contributed by atoms with Crippen molar-refractivity contribution in [3.8, 4) is 11.3 Å². The lowest BCUT2D eigenvalue weighted by Crippen LogP contribution is -2.43. The number of amides is 1. The number of aliphatic hydroxyl groups excluding tert-OH is 1. The first kappa shape index (κ1) is 26.4. The Kier molecular flexibility index (Phi) is 7.57. The minimum absolute atomic E-state index is 0.0396. The molecule has 2 aliphatic rings. The fourth-order valence-corrected chi connectivity index (χ4v) is 5.52. The molecule has 8 nitrogen and oxygen atoms in total. The molecule has 0 bridgehead atoms. The molecule has 0 radical (unpaired) electrons. The smallest absolute Gasteiger partial charge is 0.274 e. The van der Waals surface area contributed by atoms with Crippen LogP contribution in [0, 0.1) is 17.5 Å². The monoisotopic (exact) mass is 545 g/mol. The van der Waals surface area contributed by atoms with Crippen molar-refractivity contribution in [2.24, 2.45) is 5.73 Å². The summed E-state index contributed by atoms with van der Waals surface area (Å²) in [4.78, 5) is 23.8. The lowest BCUT2D eigenvalue weighted by molar-refractivity contribution is 0.102. The van der Waals surface area contributed by atoms with Crippen molar-refractivity contribution >= 4 is 29.3 Å². The Hall–Kier alpha value is -3.19. The highest BCUT2D eigenvalue weighted by atomic mass is 32.2. The number of halogens is 3. The molecule has 2 atom stereocenters. The molecule has 200 valence electrons. The van der Waals surface area contributed by atoms with Crippen molar-refractivity contribution in [3.63, 3.8) is 0 Å². The quantitative estimate of drug-likeness (QED) is 0.392. The van der Waals surface area contributed by atoms with Gasteiger partial charge in [0.05, 0.1) is 42.0 Å². The second kappa shape index (κ2) is 10.9. The Bertz CT molecular complexity index is 1370. The zero-order valence-electron chi connectivity index (χ0n) is 20.5. The normalized spacial score (nSPS) is 18.9. The minimum Gasteiger partial charge on any atom is -0.387 e. The molecule has 1 fully saturated rings. The first-order chi connectivity index (χ1) is 18.3. The minimum atomic E-state index is -1.04. The fraction of sp³-hybridized carbons (Fsp3) is 0.346. The molecule has 1 saturated heterocycles. The van der Waals surface area contributed by atoms with Crippen molar-refractivity contribution in [1.29, 1.82) is 0 Å². The number of nitrogens with two attached hydrogens (primary N) is 1. The summed E-state index contributed by atoms with van der Waals surface area (Å²) in [6.07, 6.45) is 3.64. The number of fused-ring (bicyclic) bond motifs is 1. The molecular formula is C26H26F3N5O3S. The number of aromatic nitrogens is 2. The number of piperidine rings is 1. The molecule has 0 saturated carbocycles. The molecule has 1 aliphatic carbocycles. The van der Waals surface area contributed by atoms with Gasteiger partial charge < -0.3 is 25.2 Å². The lowest BCUT2D eigenvalue weighted by Gasteiger charge is -2.35. The van der Waals surface area contributed by atoms with Crippen molar-refractivity contribution in [3.05, 3.63) is 64.9 Å². The van der Waals surface area contributed by atoms with E-state index < -0.39 is 40.7 Å². The van der Waals surface area contributed by atoms with Gasteiger partial charge in [-0.2, -0.15) is 0 Å². The molecule has 38 heavy (non-hydrogen) atoms. The SMILES string of the molecule is COSc1cc(F)c(-c2nc(C(=O)Nc3cnc4c(c3N3CCC[C@H](N)C3)CC[C@@H]4O)ccc2F)c(F)c1. The van der Waals surface area contributed by atoms with Crippen LogP contribution in [0.4, 0.5) is 24.5 Å². The number of nitrogens with one attached hydrogen (secondary N) is 1. The summed E-state index contributed by atoms with van der Waals surface area (Å²) in [6, 6.07) is 4.04. The average Bonchev–Trinajstić information content (AvgIpc) is 3.25. The summed E-state index contributed by atoms with van der Waals surface area (Å²) in [5, 5.41) is 13.1. The third kappa shape index (κ3) is 5.08. The molecule has 1 aliphatic heterocycles. The Morgan fingerprint density at radius 3 is 2.68 bits per heavy atom. The van der Waals surface area contributed by atoms with Crippen LogP contribution in [-0.2, 0) is 10.6 Å². The van der Waals surface area contributed by atoms with Crippen LogP contribution in [0.1, 0.15) is 47.1 Å². The molecule has 5 rings (SSSR count). The number of carbonyl (C=O) groups excluding carboxylic acids is 1. The molecule has 0 spiro atoms. The van der Waals surface area contributed by atoms with E-state index in [0.29, 0.717) is 30.8 Å². The maximum atomic E-state index is 14.8. The van der Waals surface area contributed by atoms with Gasteiger partial charge in [-0.25, -0.2) is 18.2 Å². The van der Waals surface area contributed by atoms with Crippen LogP contribution in [0.25, 0.3) is 11.3 Å². The molecule has 1 amide bonds. The van der Waals surface area contributed by atoms with Crippen molar-refractivity contribution in [2.45, 2.75) is 42.7 Å². The van der Waals surface area contributed by atoms with E-state index in [1.54, 1.807) is 0 Å². The third-order valence-corrected chi connectivity index (χ3v) is 7.29. The molecule has 3 aromatic rings. The van der Waals surface area contributed by atoms with E-state index in [9.17, 15) is 23.1 Å². The van der Waals surface area contributed by atoms with Gasteiger partial charge in [0.15, 0.2) is 0 Å². The summed E-state index contributed by atoms with van der Waals surface area (Å²) < 4.78 is 49.0. The Morgan fingerprint density at radius 2 is 1.97 bits per heavy atom. The van der Waals surface area contributed by atoms with Crippen LogP contribution in [0.3, 0.4) is 0 Å². The van der Waals surface area contributed by atoms with Crippen LogP contribution in [0.5, 0.6) is 0 Å². The molecule has 12 heteroatoms. The van der Waals surface area contributed by atoms with Gasteiger partial charge in [-0.05, 0) is 49.9 Å². The van der Waals surface area contributed by atoms with E-state index >= 15 is 0 Å². The van der Waals surface area contributed by atoms with E-state index in [0.717, 1.165) is 66.9 Å². The summed E-state index contributed by atoms with van der Waals surface area (Å²) in [6.45, 7) is 1.29. The van der Waals surface area contributed by atoms with Crippen molar-refractivity contribution in [1.82, 2.24) is 9.97 Å². The topological polar surface area (TPSA) is 114 Å². The highest BCUT2D eigenvalue weighted by Gasteiger charge is 2.31. The number of carbonyl (C=O) groups is 1.